The van der Waals surface area contributed by atoms with Gasteiger partial charge in [-0.1, -0.05) is 23.7 Å². The topological polar surface area (TPSA) is 90.8 Å². The molecule has 2 aromatic carbocycles. The maximum absolute atomic E-state index is 11.4. The maximum atomic E-state index is 11.4. The van der Waals surface area contributed by atoms with Crippen molar-refractivity contribution < 1.29 is 19.7 Å². The number of halogens is 2. The Hall–Kier alpha value is -1.99. The summed E-state index contributed by atoms with van der Waals surface area (Å²) in [6.45, 7) is 0.850. The molecule has 140 valence electrons. The number of hydrogen-bond acceptors (Lipinski definition) is 5. The van der Waals surface area contributed by atoms with Gasteiger partial charge in [0.1, 0.15) is 11.4 Å². The second-order valence-corrected chi connectivity index (χ2v) is 6.25. The molecule has 0 radical (unpaired) electrons. The lowest BCUT2D eigenvalue weighted by Crippen LogP contribution is -2.28. The zero-order valence-corrected chi connectivity index (χ0v) is 15.4. The number of ether oxygens (including phenoxy) is 1. The van der Waals surface area contributed by atoms with Crippen LogP contribution in [0.2, 0.25) is 5.02 Å². The van der Waals surface area contributed by atoms with Gasteiger partial charge in [0.2, 0.25) is 0 Å². The highest BCUT2D eigenvalue weighted by Crippen LogP contribution is 2.41. The van der Waals surface area contributed by atoms with Gasteiger partial charge in [0.15, 0.2) is 12.4 Å². The lowest BCUT2D eigenvalue weighted by molar-refractivity contribution is -0.118. The predicted octanol–water partition coefficient (Wildman–Crippen LogP) is 2.66. The highest BCUT2D eigenvalue weighted by Gasteiger charge is 2.25. The van der Waals surface area contributed by atoms with E-state index in [1.54, 1.807) is 6.07 Å². The third-order valence-electron chi connectivity index (χ3n) is 3.95. The molecule has 1 atom stereocenters. The van der Waals surface area contributed by atoms with Crippen LogP contribution in [0.4, 0.5) is 5.69 Å². The number of phenolic OH excluding ortho intramolecular Hbond substituents is 1. The Balaban J connectivity index is 0.00000243. The minimum atomic E-state index is -0.830. The number of benzene rings is 2. The Labute approximate surface area is 162 Å². The Bertz CT molecular complexity index is 786. The molecule has 4 N–H and O–H groups in total. The number of amides is 1. The molecule has 26 heavy (non-hydrogen) atoms. The van der Waals surface area contributed by atoms with Gasteiger partial charge >= 0.3 is 0 Å². The number of rotatable bonds is 6. The molecule has 8 heteroatoms. The normalized spacial score (nSPS) is 13.8. The number of aliphatic hydroxyl groups excluding tert-OH is 1. The number of phenols is 1. The zero-order chi connectivity index (χ0) is 17.8. The molecular weight excluding hydrogens is 379 g/mol. The van der Waals surface area contributed by atoms with Gasteiger partial charge in [-0.05, 0) is 42.8 Å². The Morgan fingerprint density at radius 3 is 2.88 bits per heavy atom. The molecule has 1 aliphatic rings. The number of carbonyl (C=O) groups is 1. The van der Waals surface area contributed by atoms with Gasteiger partial charge in [0.05, 0.1) is 6.10 Å². The first-order valence-electron chi connectivity index (χ1n) is 7.96. The smallest absolute Gasteiger partial charge is 0.262 e. The fourth-order valence-electron chi connectivity index (χ4n) is 2.71. The summed E-state index contributed by atoms with van der Waals surface area (Å²) in [5.41, 5.74) is 1.83. The highest BCUT2D eigenvalue weighted by atomic mass is 35.5. The molecule has 0 bridgehead atoms. The van der Waals surface area contributed by atoms with Crippen LogP contribution in [0.1, 0.15) is 17.2 Å². The van der Waals surface area contributed by atoms with Crippen molar-refractivity contribution in [3.63, 3.8) is 0 Å². The van der Waals surface area contributed by atoms with Crippen LogP contribution in [0, 0.1) is 0 Å². The summed E-state index contributed by atoms with van der Waals surface area (Å²) in [4.78, 5) is 11.4. The van der Waals surface area contributed by atoms with E-state index in [-0.39, 0.29) is 36.4 Å². The fourth-order valence-corrected chi connectivity index (χ4v) is 2.93. The first-order valence-corrected chi connectivity index (χ1v) is 8.34. The summed E-state index contributed by atoms with van der Waals surface area (Å²) in [5, 5.41) is 26.7. The zero-order valence-electron chi connectivity index (χ0n) is 13.9. The molecule has 1 unspecified atom stereocenters. The average Bonchev–Trinajstić information content (AvgIpc) is 2.59. The molecule has 0 spiro atoms. The van der Waals surface area contributed by atoms with Crippen molar-refractivity contribution in [2.75, 3.05) is 25.0 Å². The predicted molar refractivity (Wildman–Crippen MR) is 102 cm³/mol. The number of nitrogens with one attached hydrogen (secondary N) is 2. The van der Waals surface area contributed by atoms with E-state index in [0.29, 0.717) is 29.4 Å². The Kier molecular flexibility index (Phi) is 7.11. The quantitative estimate of drug-likeness (QED) is 0.443. The van der Waals surface area contributed by atoms with Crippen molar-refractivity contribution in [1.29, 1.82) is 0 Å². The molecule has 0 saturated heterocycles. The second-order valence-electron chi connectivity index (χ2n) is 5.81. The second kappa shape index (κ2) is 9.09. The first-order chi connectivity index (χ1) is 12.0. The van der Waals surface area contributed by atoms with Crippen molar-refractivity contribution in [3.05, 3.63) is 52.5 Å². The maximum Gasteiger partial charge on any atom is 0.262 e. The summed E-state index contributed by atoms with van der Waals surface area (Å²) in [5.74, 6) is -0.120. The van der Waals surface area contributed by atoms with E-state index in [1.165, 1.54) is 6.07 Å². The minimum Gasteiger partial charge on any atom is -0.506 e. The summed E-state index contributed by atoms with van der Waals surface area (Å²) in [6.07, 6.45) is -0.0447. The number of aliphatic hydroxyl groups is 1. The van der Waals surface area contributed by atoms with Crippen molar-refractivity contribution in [3.8, 4) is 11.5 Å². The molecule has 1 aliphatic heterocycles. The van der Waals surface area contributed by atoms with Crippen LogP contribution >= 0.6 is 24.0 Å². The molecule has 0 saturated carbocycles. The summed E-state index contributed by atoms with van der Waals surface area (Å²) in [6, 6.07) is 10.7. The first kappa shape index (κ1) is 20.3. The molecule has 1 heterocycles. The van der Waals surface area contributed by atoms with Crippen molar-refractivity contribution in [2.45, 2.75) is 12.5 Å². The third-order valence-corrected chi connectivity index (χ3v) is 4.19. The van der Waals surface area contributed by atoms with Gasteiger partial charge in [-0.3, -0.25) is 4.79 Å². The van der Waals surface area contributed by atoms with Crippen LogP contribution in [0.25, 0.3) is 0 Å². The van der Waals surface area contributed by atoms with Gasteiger partial charge in [-0.15, -0.1) is 12.4 Å². The van der Waals surface area contributed by atoms with E-state index in [0.717, 1.165) is 12.0 Å². The van der Waals surface area contributed by atoms with E-state index >= 15 is 0 Å². The van der Waals surface area contributed by atoms with E-state index in [9.17, 15) is 15.0 Å². The number of aromatic hydroxyl groups is 1. The Morgan fingerprint density at radius 1 is 1.31 bits per heavy atom. The number of carbonyl (C=O) groups excluding carboxylic acids is 1. The van der Waals surface area contributed by atoms with E-state index < -0.39 is 6.10 Å². The molecule has 1 amide bonds. The van der Waals surface area contributed by atoms with Crippen LogP contribution in [0.5, 0.6) is 11.5 Å². The van der Waals surface area contributed by atoms with Gasteiger partial charge in [0, 0.05) is 17.1 Å². The van der Waals surface area contributed by atoms with Crippen molar-refractivity contribution in [2.24, 2.45) is 0 Å². The van der Waals surface area contributed by atoms with Crippen LogP contribution in [-0.2, 0) is 11.2 Å². The third kappa shape index (κ3) is 4.80. The van der Waals surface area contributed by atoms with Gasteiger partial charge in [-0.25, -0.2) is 0 Å². The van der Waals surface area contributed by atoms with Gasteiger partial charge in [0.25, 0.3) is 5.91 Å². The summed E-state index contributed by atoms with van der Waals surface area (Å²) in [7, 11) is 0. The lowest BCUT2D eigenvalue weighted by atomic mass is 10.0. The Morgan fingerprint density at radius 2 is 2.12 bits per heavy atom. The van der Waals surface area contributed by atoms with Crippen molar-refractivity contribution >= 4 is 35.6 Å². The summed E-state index contributed by atoms with van der Waals surface area (Å²) < 4.78 is 5.38. The van der Waals surface area contributed by atoms with E-state index in [4.69, 9.17) is 16.3 Å². The van der Waals surface area contributed by atoms with Crippen LogP contribution in [0.15, 0.2) is 36.4 Å². The van der Waals surface area contributed by atoms with Crippen LogP contribution in [0.3, 0.4) is 0 Å². The average molecular weight is 399 g/mol. The van der Waals surface area contributed by atoms with Crippen LogP contribution in [-0.4, -0.2) is 35.8 Å². The molecule has 3 rings (SSSR count). The SMILES string of the molecule is Cl.O=C1COc2c(C(O)CNCCc3cccc(Cl)c3)ccc(O)c2N1. The lowest BCUT2D eigenvalue weighted by Gasteiger charge is -2.23. The minimum absolute atomic E-state index is 0. The molecule has 6 nitrogen and oxygen atoms in total. The molecule has 0 aliphatic carbocycles. The molecule has 0 fully saturated rings. The van der Waals surface area contributed by atoms with Gasteiger partial charge < -0.3 is 25.6 Å². The number of fused-ring (bicyclic) bond motifs is 1. The molecule has 2 aromatic rings. The summed E-state index contributed by atoms with van der Waals surface area (Å²) >= 11 is 5.95. The van der Waals surface area contributed by atoms with Gasteiger partial charge in [-0.2, -0.15) is 0 Å². The molecule has 0 aromatic heterocycles. The van der Waals surface area contributed by atoms with E-state index in [2.05, 4.69) is 10.6 Å². The van der Waals surface area contributed by atoms with E-state index in [1.807, 2.05) is 24.3 Å². The largest absolute Gasteiger partial charge is 0.506 e. The van der Waals surface area contributed by atoms with Crippen molar-refractivity contribution in [1.82, 2.24) is 5.32 Å². The van der Waals surface area contributed by atoms with Crippen LogP contribution < -0.4 is 15.4 Å². The monoisotopic (exact) mass is 398 g/mol. The fraction of sp³-hybridized carbons (Fsp3) is 0.278. The highest BCUT2D eigenvalue weighted by molar-refractivity contribution is 6.30. The molecular formula is C18H20Cl2N2O4. The number of hydrogen-bond donors (Lipinski definition) is 4. The number of anilines is 1. The standard InChI is InChI=1S/C18H19ClN2O4.ClH/c19-12-3-1-2-11(8-12)6-7-20-9-15(23)13-4-5-14(22)17-18(13)25-10-16(24)21-17;/h1-5,8,15,20,22-23H,6-7,9-10H2,(H,21,24);1H.